The summed E-state index contributed by atoms with van der Waals surface area (Å²) >= 11 is 10.8. The Hall–Kier alpha value is -9.90. The van der Waals surface area contributed by atoms with E-state index in [4.69, 9.17) is 79.3 Å². The molecule has 8 aromatic rings. The average Bonchev–Trinajstić information content (AvgIpc) is 0.878. The van der Waals surface area contributed by atoms with Crippen LogP contribution < -0.4 is 61.0 Å². The van der Waals surface area contributed by atoms with Crippen LogP contribution in [0.25, 0.3) is 0 Å². The van der Waals surface area contributed by atoms with Crippen molar-refractivity contribution in [3.05, 3.63) is 211 Å². The number of hydrogen-bond donors (Lipinski definition) is 9. The zero-order valence-corrected chi connectivity index (χ0v) is 61.2. The van der Waals surface area contributed by atoms with Crippen molar-refractivity contribution in [3.8, 4) is 6.19 Å². The van der Waals surface area contributed by atoms with Gasteiger partial charge in [-0.05, 0) is 180 Å². The molecule has 2 aromatic heterocycles. The van der Waals surface area contributed by atoms with Crippen LogP contribution in [-0.2, 0) is 34.8 Å². The van der Waals surface area contributed by atoms with Gasteiger partial charge in [-0.3, -0.25) is 9.69 Å². The highest BCUT2D eigenvalue weighted by Gasteiger charge is 2.19. The van der Waals surface area contributed by atoms with Gasteiger partial charge in [0.05, 0.1) is 24.7 Å². The number of carbonyl (C=O) groups excluding carboxylic acids is 1. The maximum absolute atomic E-state index is 10.1. The topological polar surface area (TPSA) is 394 Å². The first-order valence-electron chi connectivity index (χ1n) is 31.9. The summed E-state index contributed by atoms with van der Waals surface area (Å²) in [7, 11) is 0. The van der Waals surface area contributed by atoms with E-state index in [-0.39, 0.29) is 54.0 Å². The number of hydrogen-bond acceptors (Lipinski definition) is 18. The predicted octanol–water partition coefficient (Wildman–Crippen LogP) is 9.46. The summed E-state index contributed by atoms with van der Waals surface area (Å²) in [6.07, 6.45) is 2.71. The Morgan fingerprint density at radius 2 is 0.970 bits per heavy atom. The van der Waals surface area contributed by atoms with Crippen LogP contribution in [0.1, 0.15) is 97.0 Å². The maximum atomic E-state index is 10.1. The van der Waals surface area contributed by atoms with E-state index >= 15 is 0 Å². The highest BCUT2D eigenvalue weighted by Crippen LogP contribution is 2.21. The Labute approximate surface area is 600 Å². The Kier molecular flexibility index (Phi) is 37.1. The van der Waals surface area contributed by atoms with Gasteiger partial charge in [-0.2, -0.15) is 30.2 Å². The molecule has 0 atom stereocenters. The van der Waals surface area contributed by atoms with Crippen LogP contribution in [0.15, 0.2) is 136 Å². The second-order valence-corrected chi connectivity index (χ2v) is 23.8. The summed E-state index contributed by atoms with van der Waals surface area (Å²) < 4.78 is 4.42. The van der Waals surface area contributed by atoms with Gasteiger partial charge < -0.3 is 65.7 Å². The number of ether oxygens (including phenoxy) is 1. The molecular weight excluding hydrogens is 1310 g/mol. The molecule has 0 amide bonds. The van der Waals surface area contributed by atoms with E-state index in [1.807, 2.05) is 50.2 Å². The van der Waals surface area contributed by atoms with Gasteiger partial charge in [0, 0.05) is 82.3 Å². The third-order valence-electron chi connectivity index (χ3n) is 15.2. The molecule has 2 fully saturated rings. The fraction of sp³-hybridized carbons (Fsp3) is 0.347. The van der Waals surface area contributed by atoms with E-state index in [1.165, 1.54) is 73.2 Å². The summed E-state index contributed by atoms with van der Waals surface area (Å²) in [5.74, 6) is 2.78. The third-order valence-corrected chi connectivity index (χ3v) is 15.7. The van der Waals surface area contributed by atoms with E-state index in [1.54, 1.807) is 6.92 Å². The number of nitrogens with zero attached hydrogens (tertiary/aromatic N) is 13. The summed E-state index contributed by atoms with van der Waals surface area (Å²) in [5.41, 5.74) is 61.6. The molecular formula is C72H99Cl3N22O2. The molecule has 4 heterocycles. The van der Waals surface area contributed by atoms with Crippen LogP contribution in [0, 0.1) is 80.7 Å². The first kappa shape index (κ1) is 83.3. The Balaban J connectivity index is 0.000000321. The van der Waals surface area contributed by atoms with Crippen LogP contribution in [0.2, 0.25) is 0 Å². The molecule has 0 radical (unpaired) electrons. The number of halogens is 3. The molecule has 0 saturated carbocycles. The van der Waals surface area contributed by atoms with Crippen molar-refractivity contribution < 1.29 is 9.53 Å². The zero-order valence-electron chi connectivity index (χ0n) is 58.9. The standard InChI is InChI=1S/C24H30N6.C13H15ClN4.C11H16N2.C10H15N5.C8H11N.C4H7ClO2.C2H4N4.ClH/c1-17-4-8-21(9-5-17)30-12-10-29(11-13-30)16-23-26-22(27-24(25)28-23)15-20-7-6-18(2)19(3)14-20;1-8-3-4-10(5-9(8)2)6-11-16-12(7-14)18-13(15)17-11;1-10-2-4-11(5-3-10)13-8-6-12-7-9-13;1-6-3-4-8(5-7(6)2)14-10(13)15-9(11)12;1-6-3-4-8(9)5-7(6)2;1-2-7-4(6)3-5;3-1-6-2(4)5;/h4-9,14H,10-13,15-16H2,1-3H3,(H2,25,26,27,28);3-5H,6-7H2,1-2H3,(H2,15,16,17,18);2-5,12H,6-9H2,1H3;3-5H,1-2H3,(H6,11,12,13,14,15);3-5H,9H2,1-2H3;2-3H2,1H3;(H4,4,5,6);1H. The molecule has 0 unspecified atom stereocenters. The van der Waals surface area contributed by atoms with Gasteiger partial charge in [-0.15, -0.1) is 40.6 Å². The minimum atomic E-state index is -0.357. The fourth-order valence-electron chi connectivity index (χ4n) is 9.36. The highest BCUT2D eigenvalue weighted by molar-refractivity contribution is 6.26. The lowest BCUT2D eigenvalue weighted by Crippen LogP contribution is -2.46. The normalized spacial score (nSPS) is 12.2. The summed E-state index contributed by atoms with van der Waals surface area (Å²) in [4.78, 5) is 53.7. The second-order valence-electron chi connectivity index (χ2n) is 23.2. The van der Waals surface area contributed by atoms with Crippen LogP contribution in [0.5, 0.6) is 0 Å². The van der Waals surface area contributed by atoms with Crippen molar-refractivity contribution in [2.45, 2.75) is 101 Å². The van der Waals surface area contributed by atoms with Crippen LogP contribution in [0.4, 0.5) is 34.6 Å². The van der Waals surface area contributed by atoms with Crippen LogP contribution in [-0.4, -0.2) is 123 Å². The lowest BCUT2D eigenvalue weighted by Gasteiger charge is -2.35. The molecule has 0 bridgehead atoms. The molecule has 6 aromatic carbocycles. The molecule has 99 heavy (non-hydrogen) atoms. The molecule has 24 nitrogen and oxygen atoms in total. The van der Waals surface area contributed by atoms with Crippen molar-refractivity contribution in [1.29, 1.82) is 5.26 Å². The molecule has 27 heteroatoms. The number of piperazine rings is 2. The van der Waals surface area contributed by atoms with Crippen LogP contribution >= 0.6 is 35.6 Å². The molecule has 2 aliphatic heterocycles. The number of alkyl halides is 2. The van der Waals surface area contributed by atoms with Gasteiger partial charge in [0.15, 0.2) is 5.96 Å². The molecule has 0 aliphatic carbocycles. The zero-order chi connectivity index (χ0) is 72.3. The maximum Gasteiger partial charge on any atom is 0.320 e. The lowest BCUT2D eigenvalue weighted by atomic mass is 10.0. The lowest BCUT2D eigenvalue weighted by molar-refractivity contribution is -0.140. The number of nitrogen functional groups attached to an aromatic ring is 3. The largest absolute Gasteiger partial charge is 0.465 e. The Morgan fingerprint density at radius 3 is 1.36 bits per heavy atom. The number of guanidine groups is 3. The number of rotatable bonds is 12. The highest BCUT2D eigenvalue weighted by atomic mass is 35.5. The van der Waals surface area contributed by atoms with Crippen molar-refractivity contribution in [3.63, 3.8) is 0 Å². The third kappa shape index (κ3) is 32.3. The van der Waals surface area contributed by atoms with Gasteiger partial charge in [-0.25, -0.2) is 15.0 Å². The smallest absolute Gasteiger partial charge is 0.320 e. The van der Waals surface area contributed by atoms with Crippen molar-refractivity contribution in [2.24, 2.45) is 43.6 Å². The number of esters is 1. The molecule has 0 spiro atoms. The fourth-order valence-corrected chi connectivity index (χ4v) is 9.56. The number of benzene rings is 6. The first-order chi connectivity index (χ1) is 46.7. The van der Waals surface area contributed by atoms with E-state index < -0.39 is 0 Å². The summed E-state index contributed by atoms with van der Waals surface area (Å²) in [6.45, 7) is 32.1. The molecule has 530 valence electrons. The van der Waals surface area contributed by atoms with Crippen LogP contribution in [0.3, 0.4) is 0 Å². The van der Waals surface area contributed by atoms with Gasteiger partial charge in [0.1, 0.15) is 29.2 Å². The number of nitrogens with one attached hydrogen (secondary N) is 1. The number of aryl methyl sites for hydroxylation is 10. The molecule has 2 aliphatic rings. The van der Waals surface area contributed by atoms with E-state index in [2.05, 4.69) is 205 Å². The predicted molar refractivity (Wildman–Crippen MR) is 410 cm³/mol. The second kappa shape index (κ2) is 44.1. The van der Waals surface area contributed by atoms with E-state index in [0.717, 1.165) is 86.5 Å². The molecule has 17 N–H and O–H groups in total. The van der Waals surface area contributed by atoms with E-state index in [0.29, 0.717) is 43.6 Å². The van der Waals surface area contributed by atoms with Gasteiger partial charge in [0.25, 0.3) is 0 Å². The number of nitrogens with two attached hydrogens (primary N) is 8. The van der Waals surface area contributed by atoms with Gasteiger partial charge >= 0.3 is 5.97 Å². The summed E-state index contributed by atoms with van der Waals surface area (Å²) in [5, 5.41) is 11.0. The van der Waals surface area contributed by atoms with E-state index in [9.17, 15) is 4.79 Å². The first-order valence-corrected chi connectivity index (χ1v) is 33.0. The number of carbonyl (C=O) groups is 1. The molecule has 10 rings (SSSR count). The minimum absolute atomic E-state index is 0. The Bertz CT molecular complexity index is 3920. The molecule has 2 saturated heterocycles. The summed E-state index contributed by atoms with van der Waals surface area (Å²) in [6, 6.07) is 42.0. The number of nitriles is 1. The quantitative estimate of drug-likeness (QED) is 0.0137. The van der Waals surface area contributed by atoms with Crippen molar-refractivity contribution in [2.75, 3.05) is 91.8 Å². The van der Waals surface area contributed by atoms with Gasteiger partial charge in [-0.1, -0.05) is 83.9 Å². The SMILES string of the molecule is CCOC(=O)CCl.Cc1ccc(Cc2nc(N)nc(CCl)n2)cc1C.Cc1ccc(N)cc1C.Cc1ccc(N2CCN(Cc3nc(N)nc(Cc4ccc(C)c(C)c4)n3)CC2)cc1.Cc1ccc(N2CCNCC2)cc1.Cc1ccc(N=C(N)N=C(N)N)cc1C.Cl.N#CN=C(N)N. The monoisotopic (exact) mass is 1410 g/mol. The number of aliphatic imine (C=N–C) groups is 3. The van der Waals surface area contributed by atoms with Crippen molar-refractivity contribution >= 4 is 94.1 Å². The minimum Gasteiger partial charge on any atom is -0.465 e. The number of anilines is 5. The average molecular weight is 1410 g/mol. The Morgan fingerprint density at radius 1 is 0.535 bits per heavy atom. The van der Waals surface area contributed by atoms with Gasteiger partial charge in [0.2, 0.25) is 30.0 Å². The van der Waals surface area contributed by atoms with Crippen molar-refractivity contribution in [1.82, 2.24) is 40.1 Å². The number of aromatic nitrogens is 6.